The summed E-state index contributed by atoms with van der Waals surface area (Å²) in [6, 6.07) is 15.0. The quantitative estimate of drug-likeness (QED) is 0.756. The molecule has 138 valence electrons. The summed E-state index contributed by atoms with van der Waals surface area (Å²) in [5, 5.41) is 0. The van der Waals surface area contributed by atoms with Crippen molar-refractivity contribution in [2.45, 2.75) is 30.2 Å². The molecule has 3 rings (SSSR count). The third-order valence-electron chi connectivity index (χ3n) is 4.42. The van der Waals surface area contributed by atoms with Gasteiger partial charge < -0.3 is 4.90 Å². The third kappa shape index (κ3) is 4.72. The molecule has 1 fully saturated rings. The molecule has 1 atom stereocenters. The van der Waals surface area contributed by atoms with Gasteiger partial charge in [0, 0.05) is 17.6 Å². The van der Waals surface area contributed by atoms with E-state index < -0.39 is 16.1 Å². The fourth-order valence-electron chi connectivity index (χ4n) is 3.06. The van der Waals surface area contributed by atoms with Gasteiger partial charge in [-0.1, -0.05) is 46.3 Å². The summed E-state index contributed by atoms with van der Waals surface area (Å²) in [5.74, 6) is -0.160. The number of carbonyl (C=O) groups excluding carboxylic acids is 1. The minimum Gasteiger partial charge on any atom is -0.341 e. The Hall–Kier alpha value is -1.70. The highest BCUT2D eigenvalue weighted by molar-refractivity contribution is 9.10. The SMILES string of the molecule is O=C([C@@H](Cc1ccccc1)NS(=O)(=O)c1ccc(Br)cc1)N1CCCC1. The van der Waals surface area contributed by atoms with Gasteiger partial charge in [0.2, 0.25) is 15.9 Å². The Kier molecular flexibility index (Phi) is 6.11. The molecule has 1 N–H and O–H groups in total. The van der Waals surface area contributed by atoms with E-state index in [-0.39, 0.29) is 10.8 Å². The first-order valence-corrected chi connectivity index (χ1v) is 10.8. The number of likely N-dealkylation sites (tertiary alicyclic amines) is 1. The predicted molar refractivity (Wildman–Crippen MR) is 104 cm³/mol. The molecule has 0 aromatic heterocycles. The molecule has 1 saturated heterocycles. The van der Waals surface area contributed by atoms with E-state index in [0.717, 1.165) is 22.9 Å². The zero-order chi connectivity index (χ0) is 18.6. The second-order valence-electron chi connectivity index (χ2n) is 6.35. The average molecular weight is 437 g/mol. The van der Waals surface area contributed by atoms with E-state index in [1.54, 1.807) is 17.0 Å². The number of carbonyl (C=O) groups is 1. The summed E-state index contributed by atoms with van der Waals surface area (Å²) in [4.78, 5) is 14.8. The van der Waals surface area contributed by atoms with Gasteiger partial charge in [0.05, 0.1) is 4.90 Å². The molecule has 0 radical (unpaired) electrons. The van der Waals surface area contributed by atoms with Crippen molar-refractivity contribution in [3.05, 3.63) is 64.6 Å². The van der Waals surface area contributed by atoms with Gasteiger partial charge in [0.25, 0.3) is 0 Å². The van der Waals surface area contributed by atoms with E-state index in [4.69, 9.17) is 0 Å². The number of hydrogen-bond donors (Lipinski definition) is 1. The van der Waals surface area contributed by atoms with Crippen LogP contribution in [0.2, 0.25) is 0 Å². The first-order chi connectivity index (χ1) is 12.5. The Morgan fingerprint density at radius 1 is 1.04 bits per heavy atom. The van der Waals surface area contributed by atoms with Gasteiger partial charge >= 0.3 is 0 Å². The second-order valence-corrected chi connectivity index (χ2v) is 8.98. The normalized spacial score (nSPS) is 15.8. The minimum absolute atomic E-state index is 0.146. The lowest BCUT2D eigenvalue weighted by Crippen LogP contribution is -2.48. The van der Waals surface area contributed by atoms with Crippen LogP contribution >= 0.6 is 15.9 Å². The average Bonchev–Trinajstić information content (AvgIpc) is 3.16. The van der Waals surface area contributed by atoms with Crippen LogP contribution in [0.1, 0.15) is 18.4 Å². The van der Waals surface area contributed by atoms with Gasteiger partial charge in [-0.25, -0.2) is 8.42 Å². The van der Waals surface area contributed by atoms with Crippen molar-refractivity contribution in [2.75, 3.05) is 13.1 Å². The van der Waals surface area contributed by atoms with Gasteiger partial charge in [-0.2, -0.15) is 4.72 Å². The van der Waals surface area contributed by atoms with Crippen molar-refractivity contribution in [1.82, 2.24) is 9.62 Å². The molecule has 5 nitrogen and oxygen atoms in total. The first kappa shape index (κ1) is 19.1. The number of amides is 1. The van der Waals surface area contributed by atoms with Crippen LogP contribution in [0.15, 0.2) is 64.0 Å². The highest BCUT2D eigenvalue weighted by Crippen LogP contribution is 2.17. The Balaban J connectivity index is 1.84. The zero-order valence-corrected chi connectivity index (χ0v) is 16.7. The van der Waals surface area contributed by atoms with Gasteiger partial charge in [0.1, 0.15) is 6.04 Å². The van der Waals surface area contributed by atoms with Crippen molar-refractivity contribution in [2.24, 2.45) is 0 Å². The van der Waals surface area contributed by atoms with Crippen molar-refractivity contribution < 1.29 is 13.2 Å². The molecule has 26 heavy (non-hydrogen) atoms. The maximum absolute atomic E-state index is 12.9. The van der Waals surface area contributed by atoms with Crippen LogP contribution in [-0.2, 0) is 21.2 Å². The largest absolute Gasteiger partial charge is 0.341 e. The van der Waals surface area contributed by atoms with Gasteiger partial charge in [0.15, 0.2) is 0 Å². The summed E-state index contributed by atoms with van der Waals surface area (Å²) in [6.07, 6.45) is 2.25. The number of nitrogens with zero attached hydrogens (tertiary/aromatic N) is 1. The summed E-state index contributed by atoms with van der Waals surface area (Å²) in [7, 11) is -3.79. The van der Waals surface area contributed by atoms with E-state index >= 15 is 0 Å². The second kappa shape index (κ2) is 8.33. The first-order valence-electron chi connectivity index (χ1n) is 8.56. The Morgan fingerprint density at radius 2 is 1.65 bits per heavy atom. The van der Waals surface area contributed by atoms with Crippen molar-refractivity contribution >= 4 is 31.9 Å². The number of benzene rings is 2. The lowest BCUT2D eigenvalue weighted by atomic mass is 10.1. The molecule has 1 aliphatic rings. The van der Waals surface area contributed by atoms with Gasteiger partial charge in [-0.3, -0.25) is 4.79 Å². The fraction of sp³-hybridized carbons (Fsp3) is 0.316. The lowest BCUT2D eigenvalue weighted by molar-refractivity contribution is -0.131. The molecule has 0 bridgehead atoms. The third-order valence-corrected chi connectivity index (χ3v) is 6.44. The van der Waals surface area contributed by atoms with Crippen LogP contribution in [0, 0.1) is 0 Å². The highest BCUT2D eigenvalue weighted by Gasteiger charge is 2.30. The smallest absolute Gasteiger partial charge is 0.241 e. The topological polar surface area (TPSA) is 66.5 Å². The molecule has 0 unspecified atom stereocenters. The molecule has 0 saturated carbocycles. The fourth-order valence-corrected chi connectivity index (χ4v) is 4.51. The van der Waals surface area contributed by atoms with Crippen molar-refractivity contribution in [1.29, 1.82) is 0 Å². The number of halogens is 1. The zero-order valence-electron chi connectivity index (χ0n) is 14.3. The van der Waals surface area contributed by atoms with Crippen molar-refractivity contribution in [3.8, 4) is 0 Å². The maximum Gasteiger partial charge on any atom is 0.241 e. The summed E-state index contributed by atoms with van der Waals surface area (Å²) < 4.78 is 28.9. The molecule has 7 heteroatoms. The Bertz CT molecular complexity index is 848. The monoisotopic (exact) mass is 436 g/mol. The number of nitrogens with one attached hydrogen (secondary N) is 1. The molecule has 1 heterocycles. The molecule has 1 amide bonds. The summed E-state index contributed by atoms with van der Waals surface area (Å²) >= 11 is 3.30. The predicted octanol–water partition coefficient (Wildman–Crippen LogP) is 2.96. The van der Waals surface area contributed by atoms with Crippen LogP contribution in [-0.4, -0.2) is 38.4 Å². The number of rotatable bonds is 6. The molecular formula is C19H21BrN2O3S. The molecule has 0 spiro atoms. The maximum atomic E-state index is 12.9. The van der Waals surface area contributed by atoms with E-state index in [9.17, 15) is 13.2 Å². The number of hydrogen-bond acceptors (Lipinski definition) is 3. The van der Waals surface area contributed by atoms with E-state index in [1.165, 1.54) is 12.1 Å². The van der Waals surface area contributed by atoms with Crippen LogP contribution in [0.25, 0.3) is 0 Å². The minimum atomic E-state index is -3.79. The lowest BCUT2D eigenvalue weighted by Gasteiger charge is -2.24. The molecule has 2 aromatic carbocycles. The van der Waals surface area contributed by atoms with Crippen LogP contribution < -0.4 is 4.72 Å². The van der Waals surface area contributed by atoms with Crippen LogP contribution in [0.3, 0.4) is 0 Å². The standard InChI is InChI=1S/C19H21BrN2O3S/c20-16-8-10-17(11-9-16)26(24,25)21-18(14-15-6-2-1-3-7-15)19(23)22-12-4-5-13-22/h1-3,6-11,18,21H,4-5,12-14H2/t18-/m1/s1. The number of sulfonamides is 1. The van der Waals surface area contributed by atoms with Gasteiger partial charge in [-0.15, -0.1) is 0 Å². The van der Waals surface area contributed by atoms with Crippen LogP contribution in [0.5, 0.6) is 0 Å². The van der Waals surface area contributed by atoms with E-state index in [0.29, 0.717) is 19.5 Å². The molecule has 0 aliphatic carbocycles. The molecule has 1 aliphatic heterocycles. The highest BCUT2D eigenvalue weighted by atomic mass is 79.9. The van der Waals surface area contributed by atoms with Crippen molar-refractivity contribution in [3.63, 3.8) is 0 Å². The molecular weight excluding hydrogens is 416 g/mol. The Labute approximate surface area is 162 Å². The molecule has 2 aromatic rings. The van der Waals surface area contributed by atoms with Crippen LogP contribution in [0.4, 0.5) is 0 Å². The van der Waals surface area contributed by atoms with E-state index in [1.807, 2.05) is 30.3 Å². The summed E-state index contributed by atoms with van der Waals surface area (Å²) in [5.41, 5.74) is 0.920. The Morgan fingerprint density at radius 3 is 2.27 bits per heavy atom. The van der Waals surface area contributed by atoms with E-state index in [2.05, 4.69) is 20.7 Å². The summed E-state index contributed by atoms with van der Waals surface area (Å²) in [6.45, 7) is 1.37. The van der Waals surface area contributed by atoms with Gasteiger partial charge in [-0.05, 0) is 49.1 Å².